The van der Waals surface area contributed by atoms with Gasteiger partial charge in [0.25, 0.3) is 0 Å². The van der Waals surface area contributed by atoms with E-state index in [9.17, 15) is 33.6 Å². The average molecular weight is 504 g/mol. The zero-order chi connectivity index (χ0) is 27.1. The molecule has 5 amide bonds. The summed E-state index contributed by atoms with van der Waals surface area (Å²) in [5, 5.41) is 24.6. The minimum Gasteiger partial charge on any atom is -0.481 e. The van der Waals surface area contributed by atoms with Crippen molar-refractivity contribution in [2.45, 2.75) is 69.1 Å². The fraction of sp³-hybridized carbons (Fsp3) is 0.632. The second-order valence-electron chi connectivity index (χ2n) is 7.69. The maximum atomic E-state index is 12.7. The number of nitrogens with two attached hydrogens (primary N) is 4. The Hall–Kier alpha value is -3.79. The van der Waals surface area contributed by atoms with Crippen LogP contribution < -0.4 is 38.9 Å². The molecule has 0 bridgehead atoms. The summed E-state index contributed by atoms with van der Waals surface area (Å²) in [5.74, 6) is -7.93. The van der Waals surface area contributed by atoms with Crippen molar-refractivity contribution in [3.05, 3.63) is 0 Å². The van der Waals surface area contributed by atoms with Crippen LogP contribution in [0.15, 0.2) is 0 Å². The summed E-state index contributed by atoms with van der Waals surface area (Å²) in [7, 11) is 0. The number of carbonyl (C=O) groups excluding carboxylic acids is 5. The average Bonchev–Trinajstić information content (AvgIpc) is 2.74. The molecule has 0 rings (SSSR count). The monoisotopic (exact) mass is 503 g/mol. The second-order valence-corrected chi connectivity index (χ2v) is 7.69. The molecule has 4 atom stereocenters. The molecule has 0 heterocycles. The van der Waals surface area contributed by atoms with Crippen LogP contribution in [0, 0.1) is 0 Å². The molecule has 16 nitrogen and oxygen atoms in total. The van der Waals surface area contributed by atoms with E-state index in [0.717, 1.165) is 0 Å². The zero-order valence-corrected chi connectivity index (χ0v) is 19.0. The van der Waals surface area contributed by atoms with E-state index in [2.05, 4.69) is 10.6 Å². The van der Waals surface area contributed by atoms with Crippen molar-refractivity contribution in [2.75, 3.05) is 6.54 Å². The van der Waals surface area contributed by atoms with Gasteiger partial charge in [-0.25, -0.2) is 4.79 Å². The van der Waals surface area contributed by atoms with E-state index < -0.39 is 84.9 Å². The third kappa shape index (κ3) is 13.5. The summed E-state index contributed by atoms with van der Waals surface area (Å²) >= 11 is 0. The van der Waals surface area contributed by atoms with Gasteiger partial charge in [0.15, 0.2) is 0 Å². The van der Waals surface area contributed by atoms with Gasteiger partial charge in [0.05, 0.1) is 18.9 Å². The summed E-state index contributed by atoms with van der Waals surface area (Å²) in [6.45, 7) is 0.384. The summed E-state index contributed by atoms with van der Waals surface area (Å²) in [4.78, 5) is 82.3. The van der Waals surface area contributed by atoms with Crippen LogP contribution in [-0.4, -0.2) is 82.4 Å². The summed E-state index contributed by atoms with van der Waals surface area (Å²) < 4.78 is 0. The van der Waals surface area contributed by atoms with Gasteiger partial charge in [0, 0.05) is 6.42 Å². The molecule has 198 valence electrons. The smallest absolute Gasteiger partial charge is 0.326 e. The van der Waals surface area contributed by atoms with Gasteiger partial charge >= 0.3 is 11.9 Å². The van der Waals surface area contributed by atoms with Crippen molar-refractivity contribution in [3.63, 3.8) is 0 Å². The Morgan fingerprint density at radius 3 is 1.71 bits per heavy atom. The highest BCUT2D eigenvalue weighted by Crippen LogP contribution is 2.04. The first-order chi connectivity index (χ1) is 16.3. The lowest BCUT2D eigenvalue weighted by molar-refractivity contribution is -0.144. The molecule has 0 saturated heterocycles. The Morgan fingerprint density at radius 1 is 0.686 bits per heavy atom. The van der Waals surface area contributed by atoms with Crippen LogP contribution >= 0.6 is 0 Å². The van der Waals surface area contributed by atoms with Crippen LogP contribution in [-0.2, 0) is 33.6 Å². The van der Waals surface area contributed by atoms with Crippen LogP contribution in [0.2, 0.25) is 0 Å². The van der Waals surface area contributed by atoms with Crippen LogP contribution in [0.1, 0.15) is 44.9 Å². The first-order valence-electron chi connectivity index (χ1n) is 10.7. The van der Waals surface area contributed by atoms with E-state index in [1.165, 1.54) is 0 Å². The van der Waals surface area contributed by atoms with E-state index in [1.807, 2.05) is 5.32 Å². The number of carbonyl (C=O) groups is 7. The number of aliphatic carboxylic acids is 2. The molecular formula is C19H33N7O9. The third-order valence-corrected chi connectivity index (χ3v) is 4.65. The fourth-order valence-corrected chi connectivity index (χ4v) is 2.80. The molecule has 0 radical (unpaired) electrons. The van der Waals surface area contributed by atoms with E-state index in [4.69, 9.17) is 33.1 Å². The van der Waals surface area contributed by atoms with Gasteiger partial charge in [0.2, 0.25) is 29.5 Å². The first-order valence-corrected chi connectivity index (χ1v) is 10.7. The lowest BCUT2D eigenvalue weighted by atomic mass is 10.1. The number of primary amides is 2. The predicted octanol–water partition coefficient (Wildman–Crippen LogP) is -4.40. The normalized spacial score (nSPS) is 14.0. The molecule has 0 fully saturated rings. The number of carboxylic acid groups (broad SMARTS) is 2. The number of unbranched alkanes of at least 4 members (excludes halogenated alkanes) is 1. The molecule has 16 heteroatoms. The Kier molecular flexibility index (Phi) is 14.2. The van der Waals surface area contributed by atoms with Crippen LogP contribution in [0.3, 0.4) is 0 Å². The molecule has 0 aliphatic carbocycles. The maximum Gasteiger partial charge on any atom is 0.326 e. The first kappa shape index (κ1) is 31.2. The number of rotatable bonds is 18. The van der Waals surface area contributed by atoms with E-state index in [1.54, 1.807) is 0 Å². The van der Waals surface area contributed by atoms with Gasteiger partial charge in [-0.15, -0.1) is 0 Å². The molecule has 0 aliphatic heterocycles. The largest absolute Gasteiger partial charge is 0.481 e. The number of carboxylic acids is 2. The van der Waals surface area contributed by atoms with Gasteiger partial charge in [-0.3, -0.25) is 28.8 Å². The minimum absolute atomic E-state index is 0.227. The van der Waals surface area contributed by atoms with E-state index in [0.29, 0.717) is 19.4 Å². The lowest BCUT2D eigenvalue weighted by Gasteiger charge is -2.24. The molecule has 0 spiro atoms. The summed E-state index contributed by atoms with van der Waals surface area (Å²) in [5.41, 5.74) is 21.2. The molecule has 0 aliphatic rings. The van der Waals surface area contributed by atoms with Gasteiger partial charge in [0.1, 0.15) is 18.1 Å². The van der Waals surface area contributed by atoms with Crippen molar-refractivity contribution < 1.29 is 43.8 Å². The summed E-state index contributed by atoms with van der Waals surface area (Å²) in [6.07, 6.45) is -1.06. The Balaban J connectivity index is 5.54. The molecule has 0 aromatic heterocycles. The molecule has 0 aromatic rings. The van der Waals surface area contributed by atoms with Crippen molar-refractivity contribution in [3.8, 4) is 0 Å². The van der Waals surface area contributed by atoms with E-state index >= 15 is 0 Å². The SMILES string of the molecule is NCCCCC(N)C(=O)NC(CC(=O)O)C(=O)NC(CCC(N)=O)C(=O)NC(CC(N)=O)C(=O)O. The number of hydrogen-bond acceptors (Lipinski definition) is 9. The molecule has 0 aromatic carbocycles. The molecule has 13 N–H and O–H groups in total. The Labute approximate surface area is 200 Å². The number of hydrogen-bond donors (Lipinski definition) is 9. The molecular weight excluding hydrogens is 470 g/mol. The van der Waals surface area contributed by atoms with Gasteiger partial charge in [-0.1, -0.05) is 6.42 Å². The highest BCUT2D eigenvalue weighted by atomic mass is 16.4. The Morgan fingerprint density at radius 2 is 1.23 bits per heavy atom. The molecule has 4 unspecified atom stereocenters. The standard InChI is InChI=1S/C19H33N7O9/c20-6-2-1-3-9(21)16(31)25-11(8-15(29)30)18(33)24-10(4-5-13(22)27)17(32)26-12(19(34)35)7-14(23)28/h9-12H,1-8,20-21H2,(H2,22,27)(H2,23,28)(H,24,33)(H,25,31)(H,26,32)(H,29,30)(H,34,35). The van der Waals surface area contributed by atoms with Crippen LogP contribution in [0.4, 0.5) is 0 Å². The van der Waals surface area contributed by atoms with Crippen molar-refractivity contribution >= 4 is 41.5 Å². The van der Waals surface area contributed by atoms with Crippen LogP contribution in [0.5, 0.6) is 0 Å². The fourth-order valence-electron chi connectivity index (χ4n) is 2.80. The molecule has 35 heavy (non-hydrogen) atoms. The van der Waals surface area contributed by atoms with E-state index in [-0.39, 0.29) is 12.8 Å². The third-order valence-electron chi connectivity index (χ3n) is 4.65. The van der Waals surface area contributed by atoms with Crippen molar-refractivity contribution in [1.29, 1.82) is 0 Å². The predicted molar refractivity (Wildman–Crippen MR) is 119 cm³/mol. The quantitative estimate of drug-likeness (QED) is 0.0804. The van der Waals surface area contributed by atoms with Crippen molar-refractivity contribution in [2.24, 2.45) is 22.9 Å². The zero-order valence-electron chi connectivity index (χ0n) is 19.0. The highest BCUT2D eigenvalue weighted by Gasteiger charge is 2.32. The Bertz CT molecular complexity index is 806. The van der Waals surface area contributed by atoms with Crippen LogP contribution in [0.25, 0.3) is 0 Å². The lowest BCUT2D eigenvalue weighted by Crippen LogP contribution is -2.57. The second kappa shape index (κ2) is 15.9. The van der Waals surface area contributed by atoms with Gasteiger partial charge in [-0.05, 0) is 25.8 Å². The maximum absolute atomic E-state index is 12.7. The summed E-state index contributed by atoms with van der Waals surface area (Å²) in [6, 6.07) is -5.99. The number of nitrogens with one attached hydrogen (secondary N) is 3. The minimum atomic E-state index is -1.73. The topological polar surface area (TPSA) is 300 Å². The van der Waals surface area contributed by atoms with Gasteiger partial charge < -0.3 is 49.1 Å². The van der Waals surface area contributed by atoms with Gasteiger partial charge in [-0.2, -0.15) is 0 Å². The number of amides is 5. The molecule has 0 saturated carbocycles. The van der Waals surface area contributed by atoms with Crippen molar-refractivity contribution in [1.82, 2.24) is 16.0 Å². The highest BCUT2D eigenvalue weighted by molar-refractivity contribution is 5.96.